The Morgan fingerprint density at radius 2 is 2.12 bits per heavy atom. The molecule has 0 unspecified atom stereocenters. The van der Waals surface area contributed by atoms with Crippen LogP contribution in [0.4, 0.5) is 14.5 Å². The average molecular weight is 340 g/mol. The number of aromatic nitrogens is 2. The Hall–Kier alpha value is -3.17. The number of nitrogens with one attached hydrogen (secondary N) is 3. The fraction of sp³-hybridized carbons (Fsp3) is 0.214. The van der Waals surface area contributed by atoms with E-state index in [4.69, 9.17) is 4.74 Å². The van der Waals surface area contributed by atoms with Crippen LogP contribution in [-0.4, -0.2) is 42.3 Å². The van der Waals surface area contributed by atoms with Crippen molar-refractivity contribution in [3.8, 4) is 11.5 Å². The van der Waals surface area contributed by atoms with Gasteiger partial charge in [0.25, 0.3) is 5.91 Å². The van der Waals surface area contributed by atoms with Crippen molar-refractivity contribution in [2.24, 2.45) is 0 Å². The van der Waals surface area contributed by atoms with E-state index in [0.717, 1.165) is 6.07 Å². The largest absolute Gasteiger partial charge is 0.493 e. The molecule has 1 aromatic carbocycles. The normalized spacial score (nSPS) is 10.3. The van der Waals surface area contributed by atoms with Gasteiger partial charge in [-0.3, -0.25) is 14.7 Å². The number of aromatic amines is 1. The maximum Gasteiger partial charge on any atom is 0.387 e. The molecule has 2 amide bonds. The molecule has 2 aromatic rings. The molecule has 0 bridgehead atoms. The summed E-state index contributed by atoms with van der Waals surface area (Å²) in [5, 5.41) is 11.0. The summed E-state index contributed by atoms with van der Waals surface area (Å²) >= 11 is 0. The zero-order valence-corrected chi connectivity index (χ0v) is 12.5. The monoisotopic (exact) mass is 340 g/mol. The molecule has 8 nitrogen and oxygen atoms in total. The number of hydrogen-bond donors (Lipinski definition) is 3. The molecule has 0 aliphatic carbocycles. The Labute approximate surface area is 135 Å². The van der Waals surface area contributed by atoms with Gasteiger partial charge in [0.2, 0.25) is 5.91 Å². The number of rotatable bonds is 7. The highest BCUT2D eigenvalue weighted by Gasteiger charge is 2.15. The number of alkyl halides is 2. The van der Waals surface area contributed by atoms with E-state index in [1.807, 2.05) is 0 Å². The highest BCUT2D eigenvalue weighted by molar-refractivity contribution is 5.99. The predicted octanol–water partition coefficient (Wildman–Crippen LogP) is 1.39. The van der Waals surface area contributed by atoms with Gasteiger partial charge in [-0.1, -0.05) is 0 Å². The zero-order chi connectivity index (χ0) is 17.5. The Morgan fingerprint density at radius 3 is 2.75 bits per heavy atom. The molecule has 0 aliphatic rings. The third-order valence-electron chi connectivity index (χ3n) is 2.83. The molecule has 0 saturated heterocycles. The summed E-state index contributed by atoms with van der Waals surface area (Å²) in [5.41, 5.74) is 0.494. The molecule has 128 valence electrons. The van der Waals surface area contributed by atoms with Crippen molar-refractivity contribution in [3.63, 3.8) is 0 Å². The first-order valence-electron chi connectivity index (χ1n) is 6.69. The minimum Gasteiger partial charge on any atom is -0.493 e. The average Bonchev–Trinajstić information content (AvgIpc) is 3.05. The molecule has 2 rings (SSSR count). The number of carbonyl (C=O) groups excluding carboxylic acids is 2. The van der Waals surface area contributed by atoms with Crippen LogP contribution < -0.4 is 20.1 Å². The summed E-state index contributed by atoms with van der Waals surface area (Å²) < 4.78 is 33.9. The Balaban J connectivity index is 1.97. The van der Waals surface area contributed by atoms with Crippen LogP contribution in [0.5, 0.6) is 11.5 Å². The molecule has 24 heavy (non-hydrogen) atoms. The van der Waals surface area contributed by atoms with Crippen LogP contribution in [0.1, 0.15) is 10.4 Å². The van der Waals surface area contributed by atoms with Crippen LogP contribution in [0.2, 0.25) is 0 Å². The first-order chi connectivity index (χ1) is 11.5. The molecule has 0 spiro atoms. The molecule has 0 radical (unpaired) electrons. The lowest BCUT2D eigenvalue weighted by molar-refractivity contribution is -0.115. The van der Waals surface area contributed by atoms with Crippen LogP contribution in [0.15, 0.2) is 30.6 Å². The molecule has 10 heteroatoms. The van der Waals surface area contributed by atoms with Crippen molar-refractivity contribution in [3.05, 3.63) is 36.2 Å². The Bertz CT molecular complexity index is 707. The van der Waals surface area contributed by atoms with Gasteiger partial charge in [0.15, 0.2) is 11.5 Å². The standard InChI is InChI=1S/C14H14F2N4O4/c1-23-10-3-2-8(4-11(10)24-14(15)16)13(22)17-7-12(21)20-9-5-18-19-6-9/h2-6,14H,7H2,1H3,(H,17,22)(H,18,19)(H,20,21). The van der Waals surface area contributed by atoms with E-state index in [1.165, 1.54) is 31.6 Å². The van der Waals surface area contributed by atoms with Crippen molar-refractivity contribution >= 4 is 17.5 Å². The van der Waals surface area contributed by atoms with Gasteiger partial charge in [0.1, 0.15) is 0 Å². The summed E-state index contributed by atoms with van der Waals surface area (Å²) in [4.78, 5) is 23.6. The fourth-order valence-corrected chi connectivity index (χ4v) is 1.79. The summed E-state index contributed by atoms with van der Waals surface area (Å²) in [6, 6.07) is 3.78. The van der Waals surface area contributed by atoms with Crippen LogP contribution in [-0.2, 0) is 4.79 Å². The molecule has 0 atom stereocenters. The summed E-state index contributed by atoms with van der Waals surface area (Å²) in [6.07, 6.45) is 2.87. The minimum absolute atomic E-state index is 0.0440. The molecule has 1 aromatic heterocycles. The molecule has 0 fully saturated rings. The first kappa shape index (κ1) is 17.2. The van der Waals surface area contributed by atoms with E-state index in [2.05, 4.69) is 25.6 Å². The van der Waals surface area contributed by atoms with Gasteiger partial charge < -0.3 is 20.1 Å². The van der Waals surface area contributed by atoms with E-state index in [0.29, 0.717) is 5.69 Å². The summed E-state index contributed by atoms with van der Waals surface area (Å²) in [6.45, 7) is -3.36. The highest BCUT2D eigenvalue weighted by Crippen LogP contribution is 2.29. The number of ether oxygens (including phenoxy) is 2. The van der Waals surface area contributed by atoms with Gasteiger partial charge in [0.05, 0.1) is 25.5 Å². The number of amides is 2. The van der Waals surface area contributed by atoms with Gasteiger partial charge in [-0.2, -0.15) is 13.9 Å². The Kier molecular flexibility index (Phi) is 5.66. The smallest absolute Gasteiger partial charge is 0.387 e. The van der Waals surface area contributed by atoms with Crippen molar-refractivity contribution in [1.29, 1.82) is 0 Å². The van der Waals surface area contributed by atoms with E-state index in [-0.39, 0.29) is 23.6 Å². The maximum absolute atomic E-state index is 12.4. The number of H-pyrrole nitrogens is 1. The van der Waals surface area contributed by atoms with Crippen LogP contribution in [0, 0.1) is 0 Å². The maximum atomic E-state index is 12.4. The summed E-state index contributed by atoms with van der Waals surface area (Å²) in [5.74, 6) is -1.31. The number of methoxy groups -OCH3 is 1. The van der Waals surface area contributed by atoms with E-state index in [9.17, 15) is 18.4 Å². The predicted molar refractivity (Wildman–Crippen MR) is 79.2 cm³/mol. The lowest BCUT2D eigenvalue weighted by Crippen LogP contribution is -2.32. The molecular weight excluding hydrogens is 326 g/mol. The third-order valence-corrected chi connectivity index (χ3v) is 2.83. The SMILES string of the molecule is COc1ccc(C(=O)NCC(=O)Nc2cn[nH]c2)cc1OC(F)F. The number of nitrogens with zero attached hydrogens (tertiary/aromatic N) is 1. The molecule has 3 N–H and O–H groups in total. The highest BCUT2D eigenvalue weighted by atomic mass is 19.3. The van der Waals surface area contributed by atoms with Crippen molar-refractivity contribution in [2.45, 2.75) is 6.61 Å². The lowest BCUT2D eigenvalue weighted by Gasteiger charge is -2.11. The lowest BCUT2D eigenvalue weighted by atomic mass is 10.2. The van der Waals surface area contributed by atoms with E-state index >= 15 is 0 Å². The second-order valence-corrected chi connectivity index (χ2v) is 4.46. The fourth-order valence-electron chi connectivity index (χ4n) is 1.79. The molecule has 1 heterocycles. The topological polar surface area (TPSA) is 105 Å². The van der Waals surface area contributed by atoms with E-state index in [1.54, 1.807) is 0 Å². The molecule has 0 saturated carbocycles. The van der Waals surface area contributed by atoms with Gasteiger partial charge in [-0.15, -0.1) is 0 Å². The number of benzene rings is 1. The summed E-state index contributed by atoms with van der Waals surface area (Å²) in [7, 11) is 1.29. The Morgan fingerprint density at radius 1 is 1.33 bits per heavy atom. The number of halogens is 2. The van der Waals surface area contributed by atoms with Gasteiger partial charge in [-0.05, 0) is 18.2 Å². The van der Waals surface area contributed by atoms with Crippen LogP contribution in [0.3, 0.4) is 0 Å². The number of hydrogen-bond acceptors (Lipinski definition) is 5. The van der Waals surface area contributed by atoms with Crippen molar-refractivity contribution in [1.82, 2.24) is 15.5 Å². The minimum atomic E-state index is -3.06. The quantitative estimate of drug-likeness (QED) is 0.706. The van der Waals surface area contributed by atoms with Gasteiger partial charge in [-0.25, -0.2) is 0 Å². The second kappa shape index (κ2) is 7.90. The second-order valence-electron chi connectivity index (χ2n) is 4.46. The number of carbonyl (C=O) groups is 2. The molecule has 0 aliphatic heterocycles. The van der Waals surface area contributed by atoms with Crippen molar-refractivity contribution in [2.75, 3.05) is 19.0 Å². The zero-order valence-electron chi connectivity index (χ0n) is 12.5. The first-order valence-corrected chi connectivity index (χ1v) is 6.69. The van der Waals surface area contributed by atoms with E-state index < -0.39 is 18.4 Å². The van der Waals surface area contributed by atoms with Crippen LogP contribution >= 0.6 is 0 Å². The van der Waals surface area contributed by atoms with Gasteiger partial charge >= 0.3 is 6.61 Å². The van der Waals surface area contributed by atoms with Crippen molar-refractivity contribution < 1.29 is 27.8 Å². The molecular formula is C14H14F2N4O4. The van der Waals surface area contributed by atoms with Gasteiger partial charge in [0, 0.05) is 11.8 Å². The third kappa shape index (κ3) is 4.66. The van der Waals surface area contributed by atoms with Crippen LogP contribution in [0.25, 0.3) is 0 Å². The number of anilines is 1.